The molecule has 190 valence electrons. The average molecular weight is 508 g/mol. The zero-order chi connectivity index (χ0) is 26.3. The number of carbonyl (C=O) groups is 2. The van der Waals surface area contributed by atoms with E-state index in [1.807, 2.05) is 60.8 Å². The van der Waals surface area contributed by atoms with Gasteiger partial charge in [0.05, 0.1) is 37.7 Å². The third-order valence-electron chi connectivity index (χ3n) is 5.82. The van der Waals surface area contributed by atoms with Crippen molar-refractivity contribution >= 4 is 28.9 Å². The molecule has 10 nitrogen and oxygen atoms in total. The number of fused-ring (bicyclic) bond motifs is 1. The molecule has 5 aromatic rings. The number of carbonyl (C=O) groups excluding carboxylic acids is 2. The van der Waals surface area contributed by atoms with Crippen molar-refractivity contribution in [3.63, 3.8) is 0 Å². The van der Waals surface area contributed by atoms with Gasteiger partial charge >= 0.3 is 5.97 Å². The van der Waals surface area contributed by atoms with E-state index in [2.05, 4.69) is 25.3 Å². The lowest BCUT2D eigenvalue weighted by atomic mass is 10.1. The molecule has 1 aromatic carbocycles. The van der Waals surface area contributed by atoms with Crippen LogP contribution in [0, 0.1) is 0 Å². The predicted octanol–water partition coefficient (Wildman–Crippen LogP) is 4.36. The normalized spacial score (nSPS) is 10.8. The van der Waals surface area contributed by atoms with Gasteiger partial charge in [-0.05, 0) is 29.8 Å². The van der Waals surface area contributed by atoms with Crippen molar-refractivity contribution in [2.75, 3.05) is 17.7 Å². The van der Waals surface area contributed by atoms with Crippen molar-refractivity contribution in [1.82, 2.24) is 24.6 Å². The minimum Gasteiger partial charge on any atom is -0.469 e. The smallest absolute Gasteiger partial charge is 0.306 e. The molecule has 0 atom stereocenters. The van der Waals surface area contributed by atoms with E-state index >= 15 is 0 Å². The summed E-state index contributed by atoms with van der Waals surface area (Å²) >= 11 is 0. The maximum absolute atomic E-state index is 12.3. The van der Waals surface area contributed by atoms with Gasteiger partial charge in [0.1, 0.15) is 5.52 Å². The lowest BCUT2D eigenvalue weighted by Gasteiger charge is -2.12. The van der Waals surface area contributed by atoms with Crippen LogP contribution in [0.5, 0.6) is 0 Å². The molecule has 0 saturated carbocycles. The van der Waals surface area contributed by atoms with E-state index in [4.69, 9.17) is 10.1 Å². The van der Waals surface area contributed by atoms with Gasteiger partial charge in [0, 0.05) is 36.1 Å². The minimum absolute atomic E-state index is 0.00207. The Hall–Kier alpha value is -5.12. The van der Waals surface area contributed by atoms with Gasteiger partial charge in [0.25, 0.3) is 0 Å². The highest BCUT2D eigenvalue weighted by molar-refractivity contribution is 5.93. The lowest BCUT2D eigenvalue weighted by molar-refractivity contribution is -0.141. The number of anilines is 2. The standard InChI is InChI=1S/C28H25N7O3/c1-38-25(37)11-10-24(36)32-22-15-20(16-29-17-22)27-33-28(31-18-21-9-5-6-13-30-21)26-23(12-14-35(26)34-27)19-7-3-2-4-8-19/h2-9,12-17H,10-11,18H2,1H3,(H,32,36)(H,31,33,34). The number of esters is 1. The van der Waals surface area contributed by atoms with Crippen LogP contribution < -0.4 is 10.6 Å². The summed E-state index contributed by atoms with van der Waals surface area (Å²) in [5.41, 5.74) is 4.83. The van der Waals surface area contributed by atoms with E-state index < -0.39 is 5.97 Å². The Labute approximate surface area is 218 Å². The molecule has 0 bridgehead atoms. The molecule has 4 aromatic heterocycles. The fourth-order valence-electron chi connectivity index (χ4n) is 3.97. The summed E-state index contributed by atoms with van der Waals surface area (Å²) in [5.74, 6) is 0.300. The largest absolute Gasteiger partial charge is 0.469 e. The van der Waals surface area contributed by atoms with Crippen LogP contribution in [0.4, 0.5) is 11.5 Å². The number of benzene rings is 1. The van der Waals surface area contributed by atoms with Crippen molar-refractivity contribution in [1.29, 1.82) is 0 Å². The second-order valence-electron chi connectivity index (χ2n) is 8.43. The minimum atomic E-state index is -0.443. The molecule has 0 aliphatic heterocycles. The molecule has 0 fully saturated rings. The summed E-state index contributed by atoms with van der Waals surface area (Å²) in [6, 6.07) is 19.6. The summed E-state index contributed by atoms with van der Waals surface area (Å²) in [6.45, 7) is 0.473. The van der Waals surface area contributed by atoms with Crippen LogP contribution in [-0.2, 0) is 20.9 Å². The Morgan fingerprint density at radius 3 is 2.61 bits per heavy atom. The first-order valence-corrected chi connectivity index (χ1v) is 12.0. The molecule has 0 aliphatic carbocycles. The fourth-order valence-corrected chi connectivity index (χ4v) is 3.97. The van der Waals surface area contributed by atoms with E-state index in [1.54, 1.807) is 23.0 Å². The molecular weight excluding hydrogens is 482 g/mol. The van der Waals surface area contributed by atoms with Crippen LogP contribution in [0.25, 0.3) is 28.0 Å². The summed E-state index contributed by atoms with van der Waals surface area (Å²) < 4.78 is 6.38. The lowest BCUT2D eigenvalue weighted by Crippen LogP contribution is -2.14. The first-order chi connectivity index (χ1) is 18.6. The molecule has 10 heteroatoms. The number of hydrogen-bond acceptors (Lipinski definition) is 8. The highest BCUT2D eigenvalue weighted by atomic mass is 16.5. The molecule has 2 N–H and O–H groups in total. The maximum Gasteiger partial charge on any atom is 0.306 e. The number of pyridine rings is 2. The maximum atomic E-state index is 12.3. The zero-order valence-electron chi connectivity index (χ0n) is 20.7. The summed E-state index contributed by atoms with van der Waals surface area (Å²) in [7, 11) is 1.29. The Morgan fingerprint density at radius 1 is 0.974 bits per heavy atom. The van der Waals surface area contributed by atoms with Gasteiger partial charge in [-0.2, -0.15) is 0 Å². The monoisotopic (exact) mass is 507 g/mol. The molecule has 0 saturated heterocycles. The van der Waals surface area contributed by atoms with E-state index in [1.165, 1.54) is 13.3 Å². The predicted molar refractivity (Wildman–Crippen MR) is 143 cm³/mol. The highest BCUT2D eigenvalue weighted by Crippen LogP contribution is 2.31. The molecule has 4 heterocycles. The van der Waals surface area contributed by atoms with Gasteiger partial charge in [-0.3, -0.25) is 19.6 Å². The quantitative estimate of drug-likeness (QED) is 0.282. The topological polar surface area (TPSA) is 123 Å². The number of rotatable bonds is 9. The van der Waals surface area contributed by atoms with Crippen LogP contribution in [0.15, 0.2) is 85.5 Å². The van der Waals surface area contributed by atoms with E-state index in [9.17, 15) is 9.59 Å². The molecule has 0 radical (unpaired) electrons. The SMILES string of the molecule is COC(=O)CCC(=O)Nc1cncc(-c2nc(NCc3ccccn3)c3c(-c4ccccc4)ccn3n2)c1. The van der Waals surface area contributed by atoms with Crippen LogP contribution in [-0.4, -0.2) is 43.6 Å². The Balaban J connectivity index is 1.48. The number of amides is 1. The van der Waals surface area contributed by atoms with Gasteiger partial charge < -0.3 is 15.4 Å². The van der Waals surface area contributed by atoms with Gasteiger partial charge in [0.15, 0.2) is 11.6 Å². The number of methoxy groups -OCH3 is 1. The van der Waals surface area contributed by atoms with Crippen molar-refractivity contribution in [2.24, 2.45) is 0 Å². The Bertz CT molecular complexity index is 1570. The zero-order valence-corrected chi connectivity index (χ0v) is 20.7. The summed E-state index contributed by atoms with van der Waals surface area (Å²) in [5, 5.41) is 10.9. The van der Waals surface area contributed by atoms with Crippen molar-refractivity contribution in [3.05, 3.63) is 91.1 Å². The number of nitrogens with zero attached hydrogens (tertiary/aromatic N) is 5. The first kappa shape index (κ1) is 24.6. The van der Waals surface area contributed by atoms with Gasteiger partial charge in [0.2, 0.25) is 5.91 Å². The van der Waals surface area contributed by atoms with Crippen LogP contribution in [0.1, 0.15) is 18.5 Å². The average Bonchev–Trinajstić information content (AvgIpc) is 3.40. The van der Waals surface area contributed by atoms with Crippen molar-refractivity contribution < 1.29 is 14.3 Å². The van der Waals surface area contributed by atoms with Gasteiger partial charge in [-0.25, -0.2) is 9.50 Å². The van der Waals surface area contributed by atoms with Gasteiger partial charge in [-0.15, -0.1) is 5.10 Å². The molecular formula is C28H25N7O3. The molecule has 0 spiro atoms. The van der Waals surface area contributed by atoms with Crippen molar-refractivity contribution in [3.8, 4) is 22.5 Å². The Morgan fingerprint density at radius 2 is 1.82 bits per heavy atom. The third-order valence-corrected chi connectivity index (χ3v) is 5.82. The van der Waals surface area contributed by atoms with E-state index in [-0.39, 0.29) is 18.7 Å². The highest BCUT2D eigenvalue weighted by Gasteiger charge is 2.16. The van der Waals surface area contributed by atoms with Gasteiger partial charge in [-0.1, -0.05) is 36.4 Å². The summed E-state index contributed by atoms with van der Waals surface area (Å²) in [6.07, 6.45) is 6.81. The molecule has 0 unspecified atom stereocenters. The second kappa shape index (κ2) is 11.3. The van der Waals surface area contributed by atoms with Crippen LogP contribution in [0.3, 0.4) is 0 Å². The number of nitrogens with one attached hydrogen (secondary N) is 2. The Kier molecular flexibility index (Phi) is 7.30. The summed E-state index contributed by atoms with van der Waals surface area (Å²) in [4.78, 5) is 37.1. The second-order valence-corrected chi connectivity index (χ2v) is 8.43. The number of ether oxygens (including phenoxy) is 1. The third kappa shape index (κ3) is 5.65. The molecule has 38 heavy (non-hydrogen) atoms. The van der Waals surface area contributed by atoms with Crippen LogP contribution >= 0.6 is 0 Å². The molecule has 5 rings (SSSR count). The molecule has 0 aliphatic rings. The fraction of sp³-hybridized carbons (Fsp3) is 0.143. The van der Waals surface area contributed by atoms with Crippen LogP contribution in [0.2, 0.25) is 0 Å². The number of aromatic nitrogens is 5. The molecule has 1 amide bonds. The number of hydrogen-bond donors (Lipinski definition) is 2. The van der Waals surface area contributed by atoms with E-state index in [0.717, 1.165) is 22.3 Å². The van der Waals surface area contributed by atoms with E-state index in [0.29, 0.717) is 29.4 Å². The first-order valence-electron chi connectivity index (χ1n) is 12.0. The van der Waals surface area contributed by atoms with Crippen molar-refractivity contribution in [2.45, 2.75) is 19.4 Å².